The Balaban J connectivity index is 0.000000220. The van der Waals surface area contributed by atoms with Crippen LogP contribution in [0.3, 0.4) is 0 Å². The Morgan fingerprint density at radius 2 is 0.875 bits per heavy atom. The first-order chi connectivity index (χ1) is 19.2. The highest BCUT2D eigenvalue weighted by Gasteiger charge is 2.21. The van der Waals surface area contributed by atoms with Gasteiger partial charge in [0.2, 0.25) is 0 Å². The molecule has 2 heterocycles. The summed E-state index contributed by atoms with van der Waals surface area (Å²) in [6.45, 7) is 0. The van der Waals surface area contributed by atoms with Crippen LogP contribution in [0, 0.1) is 0 Å². The average molecular weight is 583 g/mol. The van der Waals surface area contributed by atoms with Crippen molar-refractivity contribution in [3.63, 3.8) is 0 Å². The van der Waals surface area contributed by atoms with Crippen molar-refractivity contribution in [3.8, 4) is 0 Å². The van der Waals surface area contributed by atoms with Crippen LogP contribution in [0.1, 0.15) is 24.0 Å². The molecule has 0 saturated carbocycles. The van der Waals surface area contributed by atoms with Crippen LogP contribution >= 0.6 is 0 Å². The zero-order chi connectivity index (χ0) is 28.8. The van der Waals surface area contributed by atoms with Gasteiger partial charge in [-0.25, -0.2) is 26.8 Å². The van der Waals surface area contributed by atoms with E-state index in [4.69, 9.17) is 0 Å². The van der Waals surface area contributed by atoms with Gasteiger partial charge in [0.05, 0.1) is 23.7 Å². The number of nitrogens with zero attached hydrogens (tertiary/aromatic N) is 2. The quantitative estimate of drug-likeness (QED) is 0.258. The van der Waals surface area contributed by atoms with Crippen LogP contribution in [-0.2, 0) is 32.5 Å². The van der Waals surface area contributed by atoms with E-state index in [0.29, 0.717) is 25.7 Å². The van der Waals surface area contributed by atoms with Crippen molar-refractivity contribution < 1.29 is 27.0 Å². The lowest BCUT2D eigenvalue weighted by Gasteiger charge is -2.10. The van der Waals surface area contributed by atoms with Crippen molar-refractivity contribution in [2.24, 2.45) is 0 Å². The van der Waals surface area contributed by atoms with Gasteiger partial charge in [0.15, 0.2) is 29.7 Å². The van der Waals surface area contributed by atoms with Crippen molar-refractivity contribution in [1.29, 1.82) is 0 Å². The molecule has 0 bridgehead atoms. The van der Waals surface area contributed by atoms with Gasteiger partial charge in [0.25, 0.3) is 0 Å². The molecule has 0 amide bonds. The molecular formula is C30H34N2O6S2. The summed E-state index contributed by atoms with van der Waals surface area (Å²) in [6, 6.07) is 28.8. The number of aliphatic hydroxyl groups is 2. The van der Waals surface area contributed by atoms with Gasteiger partial charge in [-0.05, 0) is 61.1 Å². The van der Waals surface area contributed by atoms with Crippen LogP contribution in [0.4, 0.5) is 0 Å². The standard InChI is InChI=1S/2C15H17NO3S/c2*17-14(10-9-13-6-2-1-3-7-13)12-20(18,19)15-8-4-5-11-16-15/h2*1-8,11,14,17H,9-10,12H2/t2*14-/m11/s1. The maximum atomic E-state index is 12.0. The van der Waals surface area contributed by atoms with Gasteiger partial charge in [0, 0.05) is 12.4 Å². The third-order valence-electron chi connectivity index (χ3n) is 5.95. The zero-order valence-electron chi connectivity index (χ0n) is 22.0. The summed E-state index contributed by atoms with van der Waals surface area (Å²) in [7, 11) is -7.05. The molecule has 0 unspecified atom stereocenters. The molecule has 4 rings (SSSR count). The summed E-state index contributed by atoms with van der Waals surface area (Å²) in [4.78, 5) is 7.65. The number of sulfone groups is 2. The van der Waals surface area contributed by atoms with Crippen LogP contribution in [0.5, 0.6) is 0 Å². The van der Waals surface area contributed by atoms with Crippen LogP contribution in [0.2, 0.25) is 0 Å². The van der Waals surface area contributed by atoms with Gasteiger partial charge in [-0.1, -0.05) is 72.8 Å². The molecule has 0 aliphatic heterocycles. The molecule has 0 radical (unpaired) electrons. The van der Waals surface area contributed by atoms with Gasteiger partial charge in [-0.3, -0.25) is 0 Å². The molecule has 2 aromatic carbocycles. The fourth-order valence-electron chi connectivity index (χ4n) is 3.86. The van der Waals surface area contributed by atoms with Gasteiger partial charge in [0.1, 0.15) is 0 Å². The van der Waals surface area contributed by atoms with E-state index >= 15 is 0 Å². The first-order valence-electron chi connectivity index (χ1n) is 12.9. The van der Waals surface area contributed by atoms with Crippen LogP contribution in [-0.4, -0.2) is 60.7 Å². The third kappa shape index (κ3) is 10.6. The molecular weight excluding hydrogens is 548 g/mol. The van der Waals surface area contributed by atoms with E-state index in [1.807, 2.05) is 60.7 Å². The molecule has 2 aromatic heterocycles. The third-order valence-corrected chi connectivity index (χ3v) is 9.36. The van der Waals surface area contributed by atoms with E-state index in [0.717, 1.165) is 11.1 Å². The smallest absolute Gasteiger partial charge is 0.198 e. The molecule has 2 atom stereocenters. The highest BCUT2D eigenvalue weighted by atomic mass is 32.2. The van der Waals surface area contributed by atoms with Crippen molar-refractivity contribution in [2.75, 3.05) is 11.5 Å². The fraction of sp³-hybridized carbons (Fsp3) is 0.267. The molecule has 4 aromatic rings. The van der Waals surface area contributed by atoms with Gasteiger partial charge >= 0.3 is 0 Å². The van der Waals surface area contributed by atoms with Crippen molar-refractivity contribution >= 4 is 19.7 Å². The molecule has 8 nitrogen and oxygen atoms in total. The number of aryl methyl sites for hydroxylation is 2. The van der Waals surface area contributed by atoms with E-state index in [-0.39, 0.29) is 21.6 Å². The van der Waals surface area contributed by atoms with Crippen LogP contribution in [0.25, 0.3) is 0 Å². The maximum Gasteiger partial charge on any atom is 0.198 e. The average Bonchev–Trinajstić information content (AvgIpc) is 2.97. The Hall–Kier alpha value is -3.44. The van der Waals surface area contributed by atoms with E-state index in [9.17, 15) is 27.0 Å². The lowest BCUT2D eigenvalue weighted by Crippen LogP contribution is -2.22. The zero-order valence-corrected chi connectivity index (χ0v) is 23.7. The fourth-order valence-corrected chi connectivity index (χ4v) is 6.56. The van der Waals surface area contributed by atoms with Crippen LogP contribution < -0.4 is 0 Å². The molecule has 0 spiro atoms. The lowest BCUT2D eigenvalue weighted by molar-refractivity contribution is 0.186. The minimum Gasteiger partial charge on any atom is -0.392 e. The summed E-state index contributed by atoms with van der Waals surface area (Å²) < 4.78 is 48.1. The molecule has 10 heteroatoms. The largest absolute Gasteiger partial charge is 0.392 e. The second-order valence-electron chi connectivity index (χ2n) is 9.25. The minimum atomic E-state index is -3.53. The normalized spacial score (nSPS) is 13.1. The van der Waals surface area contributed by atoms with E-state index in [1.54, 1.807) is 24.3 Å². The number of pyridine rings is 2. The Morgan fingerprint density at radius 1 is 0.525 bits per heavy atom. The van der Waals surface area contributed by atoms with Gasteiger partial charge < -0.3 is 10.2 Å². The Kier molecular flexibility index (Phi) is 12.0. The number of aromatic nitrogens is 2. The van der Waals surface area contributed by atoms with Crippen molar-refractivity contribution in [1.82, 2.24) is 9.97 Å². The monoisotopic (exact) mass is 582 g/mol. The Bertz CT molecular complexity index is 1370. The first-order valence-corrected chi connectivity index (χ1v) is 16.2. The van der Waals surface area contributed by atoms with E-state index in [1.165, 1.54) is 24.5 Å². The first kappa shape index (κ1) is 31.1. The van der Waals surface area contributed by atoms with Crippen molar-refractivity contribution in [2.45, 2.75) is 47.9 Å². The Morgan fingerprint density at radius 3 is 1.20 bits per heavy atom. The number of rotatable bonds is 12. The lowest BCUT2D eigenvalue weighted by atomic mass is 10.1. The van der Waals surface area contributed by atoms with Gasteiger partial charge in [-0.15, -0.1) is 0 Å². The number of hydrogen-bond donors (Lipinski definition) is 2. The molecule has 2 N–H and O–H groups in total. The topological polar surface area (TPSA) is 135 Å². The highest BCUT2D eigenvalue weighted by Crippen LogP contribution is 2.13. The number of aliphatic hydroxyl groups excluding tert-OH is 2. The number of hydrogen-bond acceptors (Lipinski definition) is 8. The molecule has 40 heavy (non-hydrogen) atoms. The van der Waals surface area contributed by atoms with Crippen LogP contribution in [0.15, 0.2) is 120 Å². The number of benzene rings is 2. The van der Waals surface area contributed by atoms with Gasteiger partial charge in [-0.2, -0.15) is 0 Å². The van der Waals surface area contributed by atoms with E-state index in [2.05, 4.69) is 9.97 Å². The molecule has 0 fully saturated rings. The van der Waals surface area contributed by atoms with E-state index < -0.39 is 31.9 Å². The predicted octanol–water partition coefficient (Wildman–Crippen LogP) is 3.70. The minimum absolute atomic E-state index is 0.0127. The highest BCUT2D eigenvalue weighted by molar-refractivity contribution is 7.91. The summed E-state index contributed by atoms with van der Waals surface area (Å²) in [5, 5.41) is 19.8. The maximum absolute atomic E-state index is 12.0. The Labute approximate surface area is 236 Å². The molecule has 212 valence electrons. The summed E-state index contributed by atoms with van der Waals surface area (Å²) in [5.41, 5.74) is 2.17. The predicted molar refractivity (Wildman–Crippen MR) is 154 cm³/mol. The van der Waals surface area contributed by atoms with Crippen molar-refractivity contribution in [3.05, 3.63) is 121 Å². The summed E-state index contributed by atoms with van der Waals surface area (Å²) >= 11 is 0. The summed E-state index contributed by atoms with van der Waals surface area (Å²) in [5.74, 6) is -0.590. The summed E-state index contributed by atoms with van der Waals surface area (Å²) in [6.07, 6.45) is 3.22. The second-order valence-corrected chi connectivity index (χ2v) is 13.2. The second kappa shape index (κ2) is 15.4. The molecule has 0 aliphatic carbocycles. The SMILES string of the molecule is O=S(=O)(C[C@H](O)CCc1ccccc1)c1ccccn1.O=S(=O)(C[C@H](O)CCc1ccccc1)c1ccccn1. The molecule has 0 saturated heterocycles. The molecule has 0 aliphatic rings.